The Balaban J connectivity index is 1.52. The minimum Gasteiger partial charge on any atom is -0.376 e. The molecule has 0 radical (unpaired) electrons. The van der Waals surface area contributed by atoms with Gasteiger partial charge in [-0.2, -0.15) is 5.10 Å². The van der Waals surface area contributed by atoms with Crippen LogP contribution in [0.5, 0.6) is 0 Å². The van der Waals surface area contributed by atoms with Gasteiger partial charge in [-0.25, -0.2) is 9.97 Å². The summed E-state index contributed by atoms with van der Waals surface area (Å²) in [5, 5.41) is 6.81. The van der Waals surface area contributed by atoms with Gasteiger partial charge in [0.25, 0.3) is 5.91 Å². The van der Waals surface area contributed by atoms with Crippen molar-refractivity contribution < 1.29 is 9.53 Å². The van der Waals surface area contributed by atoms with E-state index >= 15 is 0 Å². The topological polar surface area (TPSA) is 99.8 Å². The molecule has 124 valence electrons. The van der Waals surface area contributed by atoms with E-state index in [0.717, 1.165) is 17.8 Å². The van der Waals surface area contributed by atoms with Crippen LogP contribution >= 0.6 is 0 Å². The lowest BCUT2D eigenvalue weighted by Crippen LogP contribution is -2.36. The van der Waals surface area contributed by atoms with Crippen LogP contribution in [0.1, 0.15) is 28.5 Å². The number of hydrogen-bond donors (Lipinski definition) is 2. The van der Waals surface area contributed by atoms with Crippen molar-refractivity contribution in [3.05, 3.63) is 42.2 Å². The molecule has 8 heteroatoms. The van der Waals surface area contributed by atoms with Crippen molar-refractivity contribution >= 4 is 16.9 Å². The van der Waals surface area contributed by atoms with Gasteiger partial charge >= 0.3 is 0 Å². The summed E-state index contributed by atoms with van der Waals surface area (Å²) in [5.74, 6) is 0.871. The molecule has 1 saturated heterocycles. The van der Waals surface area contributed by atoms with Crippen LogP contribution in [0.2, 0.25) is 0 Å². The fraction of sp³-hybridized carbons (Fsp3) is 0.375. The number of fused-ring (bicyclic) bond motifs is 1. The second-order valence-electron chi connectivity index (χ2n) is 5.97. The molecular weight excluding hydrogens is 308 g/mol. The Morgan fingerprint density at radius 1 is 1.42 bits per heavy atom. The molecule has 0 spiro atoms. The summed E-state index contributed by atoms with van der Waals surface area (Å²) < 4.78 is 5.82. The first-order valence-electron chi connectivity index (χ1n) is 7.88. The summed E-state index contributed by atoms with van der Waals surface area (Å²) in [5.41, 5.74) is 2.13. The maximum atomic E-state index is 12.8. The molecule has 0 unspecified atom stereocenters. The summed E-state index contributed by atoms with van der Waals surface area (Å²) in [6.07, 6.45) is 3.88. The van der Waals surface area contributed by atoms with Gasteiger partial charge in [0.2, 0.25) is 0 Å². The fourth-order valence-corrected chi connectivity index (χ4v) is 3.23. The Hall–Kier alpha value is -2.74. The molecule has 0 aliphatic carbocycles. The smallest absolute Gasteiger partial charge is 0.255 e. The van der Waals surface area contributed by atoms with Gasteiger partial charge in [-0.05, 0) is 18.6 Å². The van der Waals surface area contributed by atoms with Gasteiger partial charge in [-0.15, -0.1) is 0 Å². The van der Waals surface area contributed by atoms with Crippen molar-refractivity contribution in [1.82, 2.24) is 30.0 Å². The maximum absolute atomic E-state index is 12.8. The molecule has 1 aliphatic rings. The second-order valence-corrected chi connectivity index (χ2v) is 5.97. The number of nitrogens with one attached hydrogen (secondary N) is 2. The molecule has 1 fully saturated rings. The summed E-state index contributed by atoms with van der Waals surface area (Å²) in [6, 6.07) is 5.55. The average molecular weight is 326 g/mol. The Morgan fingerprint density at radius 3 is 3.17 bits per heavy atom. The first-order chi connectivity index (χ1) is 11.7. The van der Waals surface area contributed by atoms with E-state index in [1.54, 1.807) is 24.3 Å². The number of para-hydroxylation sites is 1. The highest BCUT2D eigenvalue weighted by molar-refractivity contribution is 6.04. The number of aromatic amines is 2. The third-order valence-electron chi connectivity index (χ3n) is 4.48. The zero-order valence-corrected chi connectivity index (χ0v) is 13.3. The van der Waals surface area contributed by atoms with Crippen molar-refractivity contribution in [3.8, 4) is 0 Å². The van der Waals surface area contributed by atoms with E-state index in [1.165, 1.54) is 6.33 Å². The van der Waals surface area contributed by atoms with E-state index in [0.29, 0.717) is 24.2 Å². The van der Waals surface area contributed by atoms with Crippen molar-refractivity contribution in [2.45, 2.75) is 18.4 Å². The number of H-pyrrole nitrogens is 2. The molecule has 2 N–H and O–H groups in total. The molecule has 0 bridgehead atoms. The van der Waals surface area contributed by atoms with Crippen LogP contribution in [0.4, 0.5) is 0 Å². The number of aromatic nitrogens is 5. The number of carbonyl (C=O) groups excluding carboxylic acids is 1. The van der Waals surface area contributed by atoms with E-state index in [4.69, 9.17) is 4.74 Å². The number of benzene rings is 1. The normalized spacial score (nSPS) is 20.5. The van der Waals surface area contributed by atoms with E-state index in [-0.39, 0.29) is 17.9 Å². The molecule has 2 atom stereocenters. The Labute approximate surface area is 138 Å². The fourth-order valence-electron chi connectivity index (χ4n) is 3.23. The van der Waals surface area contributed by atoms with Gasteiger partial charge in [-0.1, -0.05) is 6.07 Å². The van der Waals surface area contributed by atoms with E-state index in [9.17, 15) is 4.79 Å². The van der Waals surface area contributed by atoms with Crippen LogP contribution in [-0.2, 0) is 4.74 Å². The largest absolute Gasteiger partial charge is 0.376 e. The molecule has 2 aromatic heterocycles. The van der Waals surface area contributed by atoms with Gasteiger partial charge < -0.3 is 14.6 Å². The molecule has 1 amide bonds. The summed E-state index contributed by atoms with van der Waals surface area (Å²) >= 11 is 0. The van der Waals surface area contributed by atoms with Crippen molar-refractivity contribution in [2.24, 2.45) is 0 Å². The van der Waals surface area contributed by atoms with Crippen molar-refractivity contribution in [2.75, 3.05) is 20.2 Å². The Kier molecular flexibility index (Phi) is 3.73. The number of rotatable bonds is 4. The Bertz CT molecular complexity index is 843. The minimum atomic E-state index is -0.0923. The number of hydrogen-bond acceptors (Lipinski definition) is 5. The lowest BCUT2D eigenvalue weighted by molar-refractivity contribution is 0.0551. The van der Waals surface area contributed by atoms with Gasteiger partial charge in [-0.3, -0.25) is 9.89 Å². The average Bonchev–Trinajstić information content (AvgIpc) is 3.33. The predicted octanol–water partition coefficient (Wildman–Crippen LogP) is 1.33. The second kappa shape index (κ2) is 6.04. The summed E-state index contributed by atoms with van der Waals surface area (Å²) in [7, 11) is 1.78. The molecule has 3 aromatic rings. The number of carbonyl (C=O) groups is 1. The zero-order chi connectivity index (χ0) is 16.5. The molecule has 1 aliphatic heterocycles. The van der Waals surface area contributed by atoms with Crippen LogP contribution < -0.4 is 0 Å². The number of amides is 1. The molecular formula is C16H18N6O2. The molecule has 3 heterocycles. The molecule has 0 saturated carbocycles. The zero-order valence-electron chi connectivity index (χ0n) is 13.3. The molecule has 24 heavy (non-hydrogen) atoms. The third-order valence-corrected chi connectivity index (χ3v) is 4.48. The summed E-state index contributed by atoms with van der Waals surface area (Å²) in [4.78, 5) is 26.0. The van der Waals surface area contributed by atoms with Gasteiger partial charge in [0.1, 0.15) is 17.7 Å². The van der Waals surface area contributed by atoms with Crippen LogP contribution in [0.25, 0.3) is 11.0 Å². The number of ether oxygens (including phenoxy) is 1. The van der Waals surface area contributed by atoms with Crippen LogP contribution in [0, 0.1) is 0 Å². The van der Waals surface area contributed by atoms with E-state index < -0.39 is 0 Å². The highest BCUT2D eigenvalue weighted by Crippen LogP contribution is 2.29. The first-order valence-corrected chi connectivity index (χ1v) is 7.88. The van der Waals surface area contributed by atoms with E-state index in [1.807, 2.05) is 12.1 Å². The molecule has 4 rings (SSSR count). The minimum absolute atomic E-state index is 0.0699. The predicted molar refractivity (Wildman–Crippen MR) is 86.5 cm³/mol. The lowest BCUT2D eigenvalue weighted by Gasteiger charge is -2.24. The van der Waals surface area contributed by atoms with Crippen LogP contribution in [0.15, 0.2) is 30.9 Å². The van der Waals surface area contributed by atoms with Gasteiger partial charge in [0.05, 0.1) is 23.5 Å². The van der Waals surface area contributed by atoms with Crippen molar-refractivity contribution in [3.63, 3.8) is 0 Å². The number of nitrogens with zero attached hydrogens (tertiary/aromatic N) is 4. The van der Waals surface area contributed by atoms with Crippen LogP contribution in [-0.4, -0.2) is 62.3 Å². The number of imidazole rings is 1. The highest BCUT2D eigenvalue weighted by atomic mass is 16.5. The maximum Gasteiger partial charge on any atom is 0.255 e. The standard InChI is InChI=1S/C16H18N6O2/c1-22(7-13-10(5-6-24-13)15-19-9-20-21-15)16(23)11-3-2-4-12-14(11)18-8-17-12/h2-4,8-10,13H,5-7H2,1H3,(H,17,18)(H,19,20,21)/t10-,13-/m1/s1. The third kappa shape index (κ3) is 2.54. The monoisotopic (exact) mass is 326 g/mol. The van der Waals surface area contributed by atoms with Gasteiger partial charge in [0.15, 0.2) is 0 Å². The number of likely N-dealkylation sites (N-methyl/N-ethyl adjacent to an activating group) is 1. The first kappa shape index (κ1) is 14.8. The SMILES string of the molecule is CN(C[C@H]1OCC[C@H]1c1ncn[nH]1)C(=O)c1cccc2[nH]cnc12. The summed E-state index contributed by atoms with van der Waals surface area (Å²) in [6.45, 7) is 1.15. The van der Waals surface area contributed by atoms with Crippen molar-refractivity contribution in [1.29, 1.82) is 0 Å². The van der Waals surface area contributed by atoms with E-state index in [2.05, 4.69) is 25.1 Å². The molecule has 1 aromatic carbocycles. The quantitative estimate of drug-likeness (QED) is 0.753. The molecule has 8 nitrogen and oxygen atoms in total. The highest BCUT2D eigenvalue weighted by Gasteiger charge is 2.33. The van der Waals surface area contributed by atoms with Gasteiger partial charge in [0, 0.05) is 26.1 Å². The lowest BCUT2D eigenvalue weighted by atomic mass is 10.00. The Morgan fingerprint density at radius 2 is 2.33 bits per heavy atom. The van der Waals surface area contributed by atoms with Crippen LogP contribution in [0.3, 0.4) is 0 Å².